The lowest BCUT2D eigenvalue weighted by atomic mass is 10.0. The van der Waals surface area contributed by atoms with Crippen molar-refractivity contribution in [3.63, 3.8) is 0 Å². The molecular formula is C27H29ClN2O2. The van der Waals surface area contributed by atoms with Crippen LogP contribution in [-0.4, -0.2) is 29.3 Å². The zero-order valence-electron chi connectivity index (χ0n) is 18.6. The van der Waals surface area contributed by atoms with Gasteiger partial charge in [-0.1, -0.05) is 83.9 Å². The van der Waals surface area contributed by atoms with Gasteiger partial charge in [0, 0.05) is 24.5 Å². The van der Waals surface area contributed by atoms with E-state index < -0.39 is 6.04 Å². The van der Waals surface area contributed by atoms with Crippen LogP contribution >= 0.6 is 11.6 Å². The number of aryl methyl sites for hydroxylation is 1. The number of amides is 2. The van der Waals surface area contributed by atoms with Gasteiger partial charge in [0.25, 0.3) is 0 Å². The molecule has 3 rings (SSSR count). The number of carbonyl (C=O) groups excluding carboxylic acids is 2. The fourth-order valence-corrected chi connectivity index (χ4v) is 3.99. The van der Waals surface area contributed by atoms with Gasteiger partial charge in [-0.2, -0.15) is 0 Å². The Balaban J connectivity index is 1.95. The maximum atomic E-state index is 13.6. The Bertz CT molecular complexity index is 1050. The number of rotatable bonds is 9. The normalized spacial score (nSPS) is 11.6. The minimum Gasteiger partial charge on any atom is -0.355 e. The quantitative estimate of drug-likeness (QED) is 0.502. The van der Waals surface area contributed by atoms with E-state index in [1.807, 2.05) is 86.6 Å². The minimum atomic E-state index is -0.631. The van der Waals surface area contributed by atoms with Crippen LogP contribution in [0.5, 0.6) is 0 Å². The van der Waals surface area contributed by atoms with Crippen LogP contribution in [0.3, 0.4) is 0 Å². The summed E-state index contributed by atoms with van der Waals surface area (Å²) in [5.74, 6) is -0.251. The van der Waals surface area contributed by atoms with E-state index in [2.05, 4.69) is 5.32 Å². The SMILES string of the molecule is CCNC(=O)C(Cc1ccccc1)N(Cc1cccc(Cl)c1)C(=O)Cc1cccc(C)c1. The highest BCUT2D eigenvalue weighted by molar-refractivity contribution is 6.30. The van der Waals surface area contributed by atoms with E-state index in [1.54, 1.807) is 11.0 Å². The molecule has 0 radical (unpaired) electrons. The molecule has 0 aliphatic carbocycles. The fourth-order valence-electron chi connectivity index (χ4n) is 3.78. The number of nitrogens with zero attached hydrogens (tertiary/aromatic N) is 1. The molecule has 0 aliphatic heterocycles. The first-order chi connectivity index (χ1) is 15.5. The smallest absolute Gasteiger partial charge is 0.243 e. The van der Waals surface area contributed by atoms with Gasteiger partial charge in [-0.15, -0.1) is 0 Å². The average molecular weight is 449 g/mol. The largest absolute Gasteiger partial charge is 0.355 e. The summed E-state index contributed by atoms with van der Waals surface area (Å²) in [6, 6.07) is 24.5. The number of carbonyl (C=O) groups is 2. The van der Waals surface area contributed by atoms with Crippen molar-refractivity contribution in [2.45, 2.75) is 39.3 Å². The molecule has 0 bridgehead atoms. The molecule has 4 nitrogen and oxygen atoms in total. The molecule has 3 aromatic carbocycles. The van der Waals surface area contributed by atoms with E-state index >= 15 is 0 Å². The zero-order valence-corrected chi connectivity index (χ0v) is 19.3. The van der Waals surface area contributed by atoms with Crippen molar-refractivity contribution in [2.75, 3.05) is 6.54 Å². The van der Waals surface area contributed by atoms with Gasteiger partial charge in [0.05, 0.1) is 6.42 Å². The van der Waals surface area contributed by atoms with Gasteiger partial charge in [0.1, 0.15) is 6.04 Å². The minimum absolute atomic E-state index is 0.0947. The van der Waals surface area contributed by atoms with Crippen LogP contribution in [0.15, 0.2) is 78.9 Å². The van der Waals surface area contributed by atoms with Crippen molar-refractivity contribution < 1.29 is 9.59 Å². The molecule has 1 unspecified atom stereocenters. The predicted octanol–water partition coefficient (Wildman–Crippen LogP) is 4.97. The van der Waals surface area contributed by atoms with Gasteiger partial charge in [-0.05, 0) is 42.7 Å². The van der Waals surface area contributed by atoms with Crippen molar-refractivity contribution in [1.82, 2.24) is 10.2 Å². The zero-order chi connectivity index (χ0) is 22.9. The van der Waals surface area contributed by atoms with E-state index in [9.17, 15) is 9.59 Å². The van der Waals surface area contributed by atoms with Gasteiger partial charge >= 0.3 is 0 Å². The van der Waals surface area contributed by atoms with Crippen molar-refractivity contribution in [2.24, 2.45) is 0 Å². The Hall–Kier alpha value is -3.11. The molecule has 166 valence electrons. The molecule has 2 amide bonds. The summed E-state index contributed by atoms with van der Waals surface area (Å²) in [4.78, 5) is 28.4. The first kappa shape index (κ1) is 23.6. The van der Waals surface area contributed by atoms with Crippen LogP contribution < -0.4 is 5.32 Å². The van der Waals surface area contributed by atoms with Crippen LogP contribution in [0.25, 0.3) is 0 Å². The second kappa shape index (κ2) is 11.5. The molecule has 0 spiro atoms. The summed E-state index contributed by atoms with van der Waals surface area (Å²) >= 11 is 6.19. The molecule has 0 saturated heterocycles. The molecule has 32 heavy (non-hydrogen) atoms. The van der Waals surface area contributed by atoms with Crippen molar-refractivity contribution >= 4 is 23.4 Å². The number of hydrogen-bond donors (Lipinski definition) is 1. The molecule has 5 heteroatoms. The first-order valence-electron chi connectivity index (χ1n) is 10.9. The Kier molecular flexibility index (Phi) is 8.46. The maximum absolute atomic E-state index is 13.6. The highest BCUT2D eigenvalue weighted by Gasteiger charge is 2.30. The van der Waals surface area contributed by atoms with Crippen LogP contribution in [0, 0.1) is 6.92 Å². The van der Waals surface area contributed by atoms with E-state index in [4.69, 9.17) is 11.6 Å². The van der Waals surface area contributed by atoms with E-state index in [1.165, 1.54) is 0 Å². The van der Waals surface area contributed by atoms with E-state index in [-0.39, 0.29) is 18.2 Å². The number of nitrogens with one attached hydrogen (secondary N) is 1. The second-order valence-electron chi connectivity index (χ2n) is 7.92. The van der Waals surface area contributed by atoms with Gasteiger partial charge in [-0.3, -0.25) is 9.59 Å². The third-order valence-corrected chi connectivity index (χ3v) is 5.54. The Morgan fingerprint density at radius 3 is 2.28 bits per heavy atom. The van der Waals surface area contributed by atoms with Crippen LogP contribution in [0.1, 0.15) is 29.2 Å². The number of benzene rings is 3. The summed E-state index contributed by atoms with van der Waals surface area (Å²) in [6.45, 7) is 4.69. The standard InChI is InChI=1S/C27H29ClN2O2/c1-3-29-27(32)25(17-21-10-5-4-6-11-21)30(19-23-13-8-14-24(28)16-23)26(31)18-22-12-7-9-20(2)15-22/h4-16,25H,3,17-19H2,1-2H3,(H,29,32). The Labute approximate surface area is 195 Å². The molecule has 0 aromatic heterocycles. The monoisotopic (exact) mass is 448 g/mol. The second-order valence-corrected chi connectivity index (χ2v) is 8.35. The average Bonchev–Trinajstić information content (AvgIpc) is 2.77. The van der Waals surface area contributed by atoms with Gasteiger partial charge in [0.2, 0.25) is 11.8 Å². The molecule has 0 fully saturated rings. The first-order valence-corrected chi connectivity index (χ1v) is 11.2. The Morgan fingerprint density at radius 1 is 0.906 bits per heavy atom. The highest BCUT2D eigenvalue weighted by atomic mass is 35.5. The van der Waals surface area contributed by atoms with Gasteiger partial charge in [0.15, 0.2) is 0 Å². The summed E-state index contributed by atoms with van der Waals surface area (Å²) < 4.78 is 0. The van der Waals surface area contributed by atoms with Crippen molar-refractivity contribution in [3.05, 3.63) is 106 Å². The molecular weight excluding hydrogens is 420 g/mol. The van der Waals surface area contributed by atoms with Crippen molar-refractivity contribution in [3.8, 4) is 0 Å². The lowest BCUT2D eigenvalue weighted by Crippen LogP contribution is -2.50. The fraction of sp³-hybridized carbons (Fsp3) is 0.259. The Morgan fingerprint density at radius 2 is 1.59 bits per heavy atom. The number of halogens is 1. The summed E-state index contributed by atoms with van der Waals surface area (Å²) in [6.07, 6.45) is 0.666. The third kappa shape index (κ3) is 6.69. The molecule has 1 atom stereocenters. The number of hydrogen-bond acceptors (Lipinski definition) is 2. The molecule has 0 saturated carbocycles. The van der Waals surface area contributed by atoms with E-state index in [0.29, 0.717) is 24.5 Å². The topological polar surface area (TPSA) is 49.4 Å². The summed E-state index contributed by atoms with van der Waals surface area (Å²) in [5, 5.41) is 3.52. The van der Waals surface area contributed by atoms with Crippen LogP contribution in [0.2, 0.25) is 5.02 Å². The predicted molar refractivity (Wildman–Crippen MR) is 130 cm³/mol. The van der Waals surface area contributed by atoms with Gasteiger partial charge < -0.3 is 10.2 Å². The maximum Gasteiger partial charge on any atom is 0.243 e. The molecule has 3 aromatic rings. The molecule has 1 N–H and O–H groups in total. The lowest BCUT2D eigenvalue weighted by molar-refractivity contribution is -0.140. The van der Waals surface area contributed by atoms with E-state index in [0.717, 1.165) is 22.3 Å². The number of likely N-dealkylation sites (N-methyl/N-ethyl adjacent to an activating group) is 1. The molecule has 0 aliphatic rings. The summed E-state index contributed by atoms with van der Waals surface area (Å²) in [5.41, 5.74) is 3.92. The van der Waals surface area contributed by atoms with Gasteiger partial charge in [-0.25, -0.2) is 0 Å². The lowest BCUT2D eigenvalue weighted by Gasteiger charge is -2.31. The highest BCUT2D eigenvalue weighted by Crippen LogP contribution is 2.19. The third-order valence-electron chi connectivity index (χ3n) is 5.30. The summed E-state index contributed by atoms with van der Waals surface area (Å²) in [7, 11) is 0. The van der Waals surface area contributed by atoms with Crippen molar-refractivity contribution in [1.29, 1.82) is 0 Å². The van der Waals surface area contributed by atoms with Crippen LogP contribution in [-0.2, 0) is 29.0 Å². The van der Waals surface area contributed by atoms with Crippen LogP contribution in [0.4, 0.5) is 0 Å². The molecule has 0 heterocycles.